The summed E-state index contributed by atoms with van der Waals surface area (Å²) in [4.78, 5) is 23.8. The monoisotopic (exact) mass is 348 g/mol. The van der Waals surface area contributed by atoms with Gasteiger partial charge in [0, 0.05) is 11.1 Å². The Labute approximate surface area is 147 Å². The van der Waals surface area contributed by atoms with Crippen molar-refractivity contribution in [3.8, 4) is 0 Å². The first-order chi connectivity index (χ1) is 11.7. The van der Waals surface area contributed by atoms with Crippen LogP contribution in [0.3, 0.4) is 0 Å². The third kappa shape index (κ3) is 5.70. The first kappa shape index (κ1) is 22.3. The number of carbonyl (C=O) groups is 2. The van der Waals surface area contributed by atoms with E-state index < -0.39 is 30.6 Å². The van der Waals surface area contributed by atoms with Crippen LogP contribution in [0.15, 0.2) is 73.3 Å². The zero-order valence-electron chi connectivity index (χ0n) is 14.6. The normalized spacial score (nSPS) is 12.2. The third-order valence-electron chi connectivity index (χ3n) is 3.12. The average Bonchev–Trinajstić information content (AvgIpc) is 2.56. The summed E-state index contributed by atoms with van der Waals surface area (Å²) in [7, 11) is 0. The van der Waals surface area contributed by atoms with Gasteiger partial charge in [-0.15, -0.1) is 0 Å². The summed E-state index contributed by atoms with van der Waals surface area (Å²) in [6.45, 7) is 15.4. The molecule has 0 radical (unpaired) electrons. The molecule has 0 aliphatic carbocycles. The number of carbonyl (C=O) groups excluding carboxylic acids is 2. The third-order valence-corrected chi connectivity index (χ3v) is 3.12. The highest BCUT2D eigenvalue weighted by Crippen LogP contribution is 2.37. The van der Waals surface area contributed by atoms with Crippen molar-refractivity contribution in [2.24, 2.45) is 5.41 Å². The summed E-state index contributed by atoms with van der Waals surface area (Å²) in [6.07, 6.45) is 5.15. The summed E-state index contributed by atoms with van der Waals surface area (Å²) >= 11 is 0. The van der Waals surface area contributed by atoms with Crippen LogP contribution in [0.5, 0.6) is 0 Å². The molecule has 0 aromatic carbocycles. The molecule has 0 fully saturated rings. The van der Waals surface area contributed by atoms with Gasteiger partial charge < -0.3 is 19.7 Å². The molecule has 0 rings (SSSR count). The van der Waals surface area contributed by atoms with Gasteiger partial charge in [0.25, 0.3) is 0 Å². The van der Waals surface area contributed by atoms with Crippen LogP contribution < -0.4 is 0 Å². The van der Waals surface area contributed by atoms with E-state index in [2.05, 4.69) is 26.3 Å². The van der Waals surface area contributed by atoms with Crippen molar-refractivity contribution in [2.75, 3.05) is 13.2 Å². The Balaban J connectivity index is 6.25. The van der Waals surface area contributed by atoms with E-state index in [1.54, 1.807) is 0 Å². The van der Waals surface area contributed by atoms with Gasteiger partial charge in [0.1, 0.15) is 16.9 Å². The van der Waals surface area contributed by atoms with Gasteiger partial charge >= 0.3 is 11.9 Å². The van der Waals surface area contributed by atoms with Crippen LogP contribution in [-0.4, -0.2) is 35.4 Å². The van der Waals surface area contributed by atoms with E-state index in [4.69, 9.17) is 9.47 Å². The van der Waals surface area contributed by atoms with Gasteiger partial charge in [0.2, 0.25) is 0 Å². The molecule has 0 amide bonds. The SMILES string of the molecule is C=CC=C(OC(=O)C(=C)C)C(CO)(CO)C(=CC=C)OC(=O)C(=C)C. The minimum absolute atomic E-state index is 0.105. The Hall–Kier alpha value is -2.70. The van der Waals surface area contributed by atoms with Crippen LogP contribution in [0.1, 0.15) is 13.8 Å². The van der Waals surface area contributed by atoms with Gasteiger partial charge in [-0.1, -0.05) is 38.5 Å². The zero-order valence-corrected chi connectivity index (χ0v) is 14.6. The molecular formula is C19H24O6. The molecule has 0 aromatic rings. The maximum atomic E-state index is 11.9. The number of hydrogen-bond acceptors (Lipinski definition) is 6. The second kappa shape index (κ2) is 10.2. The smallest absolute Gasteiger partial charge is 0.338 e. The van der Waals surface area contributed by atoms with Crippen LogP contribution >= 0.6 is 0 Å². The van der Waals surface area contributed by atoms with Crippen molar-refractivity contribution in [1.29, 1.82) is 0 Å². The highest BCUT2D eigenvalue weighted by atomic mass is 16.6. The number of aliphatic hydroxyl groups excluding tert-OH is 2. The van der Waals surface area contributed by atoms with Crippen molar-refractivity contribution in [3.05, 3.63) is 73.3 Å². The van der Waals surface area contributed by atoms with Gasteiger partial charge in [-0.25, -0.2) is 9.59 Å². The molecule has 0 aliphatic heterocycles. The van der Waals surface area contributed by atoms with E-state index in [0.717, 1.165) is 0 Å². The first-order valence-electron chi connectivity index (χ1n) is 7.33. The van der Waals surface area contributed by atoms with Crippen molar-refractivity contribution < 1.29 is 29.3 Å². The predicted octanol–water partition coefficient (Wildman–Crippen LogP) is 2.34. The Morgan fingerprint density at radius 1 is 0.880 bits per heavy atom. The molecule has 0 saturated carbocycles. The number of allylic oxidation sites excluding steroid dienone is 4. The van der Waals surface area contributed by atoms with Crippen molar-refractivity contribution in [1.82, 2.24) is 0 Å². The van der Waals surface area contributed by atoms with E-state index in [-0.39, 0.29) is 22.7 Å². The molecule has 0 aliphatic rings. The van der Waals surface area contributed by atoms with E-state index in [9.17, 15) is 19.8 Å². The molecule has 0 unspecified atom stereocenters. The number of hydrogen-bond donors (Lipinski definition) is 2. The van der Waals surface area contributed by atoms with Crippen molar-refractivity contribution in [3.63, 3.8) is 0 Å². The van der Waals surface area contributed by atoms with Crippen LogP contribution in [0.2, 0.25) is 0 Å². The van der Waals surface area contributed by atoms with Crippen LogP contribution in [0.4, 0.5) is 0 Å². The second-order valence-corrected chi connectivity index (χ2v) is 5.27. The Kier molecular flexibility index (Phi) is 9.12. The lowest BCUT2D eigenvalue weighted by atomic mass is 9.84. The fourth-order valence-corrected chi connectivity index (χ4v) is 1.65. The standard InChI is InChI=1S/C19H24O6/c1-7-9-15(24-17(22)13(3)4)19(11-20,12-21)16(10-8-2)25-18(23)14(5)6/h7-10,20-21H,1-3,5,11-12H2,4,6H3. The molecule has 25 heavy (non-hydrogen) atoms. The molecule has 6 nitrogen and oxygen atoms in total. The summed E-state index contributed by atoms with van der Waals surface area (Å²) in [6, 6.07) is 0. The molecule has 136 valence electrons. The largest absolute Gasteiger partial charge is 0.426 e. The Bertz CT molecular complexity index is 580. The highest BCUT2D eigenvalue weighted by molar-refractivity contribution is 5.88. The molecule has 6 heteroatoms. The molecule has 0 atom stereocenters. The van der Waals surface area contributed by atoms with Crippen LogP contribution in [-0.2, 0) is 19.1 Å². The van der Waals surface area contributed by atoms with Gasteiger partial charge in [-0.2, -0.15) is 0 Å². The molecule has 0 bridgehead atoms. The maximum Gasteiger partial charge on any atom is 0.338 e. The van der Waals surface area contributed by atoms with E-state index in [1.807, 2.05) is 0 Å². The van der Waals surface area contributed by atoms with E-state index in [0.29, 0.717) is 0 Å². The zero-order chi connectivity index (χ0) is 19.6. The molecule has 0 heterocycles. The van der Waals surface area contributed by atoms with Gasteiger partial charge in [0.15, 0.2) is 0 Å². The number of esters is 2. The molecule has 0 aromatic heterocycles. The van der Waals surface area contributed by atoms with Crippen LogP contribution in [0, 0.1) is 5.41 Å². The van der Waals surface area contributed by atoms with Crippen molar-refractivity contribution >= 4 is 11.9 Å². The van der Waals surface area contributed by atoms with Gasteiger partial charge in [-0.05, 0) is 26.0 Å². The molecule has 0 saturated heterocycles. The van der Waals surface area contributed by atoms with E-state index in [1.165, 1.54) is 38.2 Å². The van der Waals surface area contributed by atoms with Gasteiger partial charge in [0.05, 0.1) is 13.2 Å². The quantitative estimate of drug-likeness (QED) is 0.272. The summed E-state index contributed by atoms with van der Waals surface area (Å²) in [5.41, 5.74) is -1.51. The van der Waals surface area contributed by atoms with Gasteiger partial charge in [-0.3, -0.25) is 0 Å². The molecular weight excluding hydrogens is 324 g/mol. The van der Waals surface area contributed by atoms with Crippen molar-refractivity contribution in [2.45, 2.75) is 13.8 Å². The first-order valence-corrected chi connectivity index (χ1v) is 7.33. The highest BCUT2D eigenvalue weighted by Gasteiger charge is 2.43. The summed E-state index contributed by atoms with van der Waals surface area (Å²) in [5.74, 6) is -1.88. The van der Waals surface area contributed by atoms with E-state index >= 15 is 0 Å². The summed E-state index contributed by atoms with van der Waals surface area (Å²) < 4.78 is 10.4. The molecule has 0 spiro atoms. The average molecular weight is 348 g/mol. The minimum Gasteiger partial charge on any atom is -0.426 e. The lowest BCUT2D eigenvalue weighted by molar-refractivity contribution is -0.140. The predicted molar refractivity (Wildman–Crippen MR) is 95.0 cm³/mol. The second-order valence-electron chi connectivity index (χ2n) is 5.27. The summed E-state index contributed by atoms with van der Waals surface area (Å²) in [5, 5.41) is 19.9. The maximum absolute atomic E-state index is 11.9. The van der Waals surface area contributed by atoms with Crippen LogP contribution in [0.25, 0.3) is 0 Å². The Morgan fingerprint density at radius 3 is 1.40 bits per heavy atom. The number of rotatable bonds is 10. The number of ether oxygens (including phenoxy) is 2. The minimum atomic E-state index is -1.72. The lowest BCUT2D eigenvalue weighted by Gasteiger charge is -2.32. The molecule has 2 N–H and O–H groups in total. The number of aliphatic hydroxyl groups is 2. The topological polar surface area (TPSA) is 93.1 Å². The Morgan fingerprint density at radius 2 is 1.20 bits per heavy atom. The lowest BCUT2D eigenvalue weighted by Crippen LogP contribution is -2.38. The fourth-order valence-electron chi connectivity index (χ4n) is 1.65. The fraction of sp³-hybridized carbons (Fsp3) is 0.263.